The fourth-order valence-electron chi connectivity index (χ4n) is 1.70. The second-order valence-corrected chi connectivity index (χ2v) is 4.92. The van der Waals surface area contributed by atoms with E-state index in [0.717, 1.165) is 29.2 Å². The Hall–Kier alpha value is -1.10. The molecule has 4 nitrogen and oxygen atoms in total. The van der Waals surface area contributed by atoms with Gasteiger partial charge in [-0.25, -0.2) is 9.97 Å². The number of fused-ring (bicyclic) bond motifs is 1. The first kappa shape index (κ1) is 10.1. The molecule has 1 fully saturated rings. The number of nitrogens with zero attached hydrogens (tertiary/aromatic N) is 3. The molecule has 2 aromatic heterocycles. The molecule has 2 heterocycles. The van der Waals surface area contributed by atoms with Gasteiger partial charge in [-0.3, -0.25) is 4.40 Å². The van der Waals surface area contributed by atoms with E-state index >= 15 is 0 Å². The van der Waals surface area contributed by atoms with Crippen LogP contribution in [0.5, 0.6) is 5.88 Å². The molecule has 2 aromatic rings. The highest BCUT2D eigenvalue weighted by Gasteiger charge is 2.21. The normalized spacial score (nSPS) is 15.6. The van der Waals surface area contributed by atoms with E-state index in [1.54, 1.807) is 6.20 Å². The van der Waals surface area contributed by atoms with Gasteiger partial charge in [0.15, 0.2) is 0 Å². The summed E-state index contributed by atoms with van der Waals surface area (Å²) in [6.45, 7) is 0.733. The van der Waals surface area contributed by atoms with Crippen LogP contribution in [0.15, 0.2) is 23.2 Å². The van der Waals surface area contributed by atoms with Crippen LogP contribution in [0.3, 0.4) is 0 Å². The summed E-state index contributed by atoms with van der Waals surface area (Å²) in [6.07, 6.45) is 9.34. The summed E-state index contributed by atoms with van der Waals surface area (Å²) in [7, 11) is 0. The predicted octanol–water partition coefficient (Wildman–Crippen LogP) is 2.67. The van der Waals surface area contributed by atoms with Gasteiger partial charge >= 0.3 is 0 Å². The zero-order chi connectivity index (χ0) is 11.0. The first-order chi connectivity index (χ1) is 7.83. The summed E-state index contributed by atoms with van der Waals surface area (Å²) in [5.41, 5.74) is 0.777. The van der Waals surface area contributed by atoms with Crippen LogP contribution in [-0.4, -0.2) is 21.0 Å². The van der Waals surface area contributed by atoms with Crippen LogP contribution < -0.4 is 4.74 Å². The maximum atomic E-state index is 5.68. The molecule has 16 heavy (non-hydrogen) atoms. The first-order valence-electron chi connectivity index (χ1n) is 5.45. The van der Waals surface area contributed by atoms with Gasteiger partial charge in [-0.2, -0.15) is 0 Å². The van der Waals surface area contributed by atoms with Crippen LogP contribution in [0.4, 0.5) is 0 Å². The van der Waals surface area contributed by atoms with Gasteiger partial charge in [0, 0.05) is 18.6 Å². The van der Waals surface area contributed by atoms with Crippen molar-refractivity contribution in [2.24, 2.45) is 5.92 Å². The van der Waals surface area contributed by atoms with E-state index in [4.69, 9.17) is 4.74 Å². The lowest BCUT2D eigenvalue weighted by atomic mass is 10.3. The third-order valence-corrected chi connectivity index (χ3v) is 3.16. The molecule has 0 aromatic carbocycles. The topological polar surface area (TPSA) is 39.4 Å². The molecular weight excluding hydrogens is 270 g/mol. The number of rotatable bonds is 4. The maximum absolute atomic E-state index is 5.68. The van der Waals surface area contributed by atoms with Gasteiger partial charge in [-0.15, -0.1) is 0 Å². The van der Waals surface area contributed by atoms with Crippen molar-refractivity contribution >= 4 is 21.6 Å². The van der Waals surface area contributed by atoms with Crippen LogP contribution in [0, 0.1) is 5.92 Å². The molecule has 84 valence electrons. The van der Waals surface area contributed by atoms with Crippen molar-refractivity contribution in [2.75, 3.05) is 6.61 Å². The maximum Gasteiger partial charge on any atom is 0.259 e. The quantitative estimate of drug-likeness (QED) is 0.865. The Morgan fingerprint density at radius 1 is 1.50 bits per heavy atom. The molecule has 0 aliphatic heterocycles. The molecule has 0 spiro atoms. The number of hydrogen-bond acceptors (Lipinski definition) is 3. The number of ether oxygens (including phenoxy) is 1. The Kier molecular flexibility index (Phi) is 2.55. The summed E-state index contributed by atoms with van der Waals surface area (Å²) >= 11 is 3.36. The number of aromatic nitrogens is 3. The summed E-state index contributed by atoms with van der Waals surface area (Å²) in [6, 6.07) is 0. The van der Waals surface area contributed by atoms with Gasteiger partial charge in [-0.1, -0.05) is 12.8 Å². The number of halogens is 1. The lowest BCUT2D eigenvalue weighted by molar-refractivity contribution is 0.292. The molecule has 0 saturated heterocycles. The van der Waals surface area contributed by atoms with E-state index in [0.29, 0.717) is 5.88 Å². The second kappa shape index (κ2) is 4.05. The minimum Gasteiger partial charge on any atom is -0.475 e. The van der Waals surface area contributed by atoms with Crippen molar-refractivity contribution in [2.45, 2.75) is 19.3 Å². The largest absolute Gasteiger partial charge is 0.475 e. The van der Waals surface area contributed by atoms with E-state index in [1.807, 2.05) is 16.8 Å². The zero-order valence-electron chi connectivity index (χ0n) is 8.77. The Balaban J connectivity index is 1.80. The number of imidazole rings is 1. The Morgan fingerprint density at radius 2 is 2.38 bits per heavy atom. The minimum atomic E-state index is 0.611. The molecule has 0 bridgehead atoms. The molecule has 0 amide bonds. The fraction of sp³-hybridized carbons (Fsp3) is 0.455. The van der Waals surface area contributed by atoms with Gasteiger partial charge in [-0.05, 0) is 28.3 Å². The van der Waals surface area contributed by atoms with Gasteiger partial charge in [0.05, 0.1) is 6.61 Å². The van der Waals surface area contributed by atoms with Crippen molar-refractivity contribution in [3.63, 3.8) is 0 Å². The Bertz CT molecular complexity index is 507. The molecule has 1 aliphatic rings. The monoisotopic (exact) mass is 281 g/mol. The van der Waals surface area contributed by atoms with Crippen molar-refractivity contribution < 1.29 is 4.74 Å². The van der Waals surface area contributed by atoms with Crippen LogP contribution >= 0.6 is 15.9 Å². The predicted molar refractivity (Wildman–Crippen MR) is 63.5 cm³/mol. The third-order valence-electron chi connectivity index (χ3n) is 2.78. The third kappa shape index (κ3) is 2.04. The summed E-state index contributed by atoms with van der Waals surface area (Å²) in [5.74, 6) is 1.49. The summed E-state index contributed by atoms with van der Waals surface area (Å²) in [5, 5.41) is 0. The molecule has 1 saturated carbocycles. The van der Waals surface area contributed by atoms with E-state index in [9.17, 15) is 0 Å². The molecule has 3 rings (SSSR count). The molecule has 0 atom stereocenters. The first-order valence-corrected chi connectivity index (χ1v) is 6.24. The lowest BCUT2D eigenvalue weighted by Gasteiger charge is -2.06. The lowest BCUT2D eigenvalue weighted by Crippen LogP contribution is -2.02. The van der Waals surface area contributed by atoms with Gasteiger partial charge in [0.2, 0.25) is 5.65 Å². The van der Waals surface area contributed by atoms with Crippen LogP contribution in [0.1, 0.15) is 19.3 Å². The standard InChI is InChI=1S/C11H12BrN3O/c12-9-7-15-5-4-13-10(15)11(14-9)16-6-3-8-1-2-8/h4-5,7-8H,1-3,6H2. The minimum absolute atomic E-state index is 0.611. The Morgan fingerprint density at radius 3 is 3.19 bits per heavy atom. The highest BCUT2D eigenvalue weighted by Crippen LogP contribution is 2.32. The molecule has 0 radical (unpaired) electrons. The van der Waals surface area contributed by atoms with Crippen LogP contribution in [0.25, 0.3) is 5.65 Å². The zero-order valence-corrected chi connectivity index (χ0v) is 10.4. The molecular formula is C11H12BrN3O. The van der Waals surface area contributed by atoms with E-state index < -0.39 is 0 Å². The smallest absolute Gasteiger partial charge is 0.259 e. The van der Waals surface area contributed by atoms with E-state index in [2.05, 4.69) is 25.9 Å². The Labute approximate surface area is 102 Å². The highest BCUT2D eigenvalue weighted by molar-refractivity contribution is 9.10. The van der Waals surface area contributed by atoms with Crippen molar-refractivity contribution in [3.8, 4) is 5.88 Å². The highest BCUT2D eigenvalue weighted by atomic mass is 79.9. The van der Waals surface area contributed by atoms with Crippen molar-refractivity contribution in [1.82, 2.24) is 14.4 Å². The number of hydrogen-bond donors (Lipinski definition) is 0. The van der Waals surface area contributed by atoms with Crippen molar-refractivity contribution in [3.05, 3.63) is 23.2 Å². The van der Waals surface area contributed by atoms with Gasteiger partial charge in [0.1, 0.15) is 4.60 Å². The van der Waals surface area contributed by atoms with Crippen LogP contribution in [-0.2, 0) is 0 Å². The van der Waals surface area contributed by atoms with Gasteiger partial charge < -0.3 is 4.74 Å². The molecule has 0 N–H and O–H groups in total. The molecule has 0 unspecified atom stereocenters. The molecule has 1 aliphatic carbocycles. The average molecular weight is 282 g/mol. The molecule has 5 heteroatoms. The summed E-state index contributed by atoms with van der Waals surface area (Å²) in [4.78, 5) is 8.53. The average Bonchev–Trinajstić information content (AvgIpc) is 2.95. The fourth-order valence-corrected chi connectivity index (χ4v) is 2.08. The van der Waals surface area contributed by atoms with Gasteiger partial charge in [0.25, 0.3) is 5.88 Å². The van der Waals surface area contributed by atoms with E-state index in [1.165, 1.54) is 12.8 Å². The van der Waals surface area contributed by atoms with E-state index in [-0.39, 0.29) is 0 Å². The SMILES string of the molecule is Brc1cn2ccnc2c(OCCC2CC2)n1. The van der Waals surface area contributed by atoms with Crippen LogP contribution in [0.2, 0.25) is 0 Å². The second-order valence-electron chi connectivity index (χ2n) is 4.11. The summed E-state index contributed by atoms with van der Waals surface area (Å²) < 4.78 is 8.35. The van der Waals surface area contributed by atoms with Crippen molar-refractivity contribution in [1.29, 1.82) is 0 Å².